The highest BCUT2D eigenvalue weighted by molar-refractivity contribution is 8.00. The number of hydrogen-bond acceptors (Lipinski definition) is 5. The van der Waals surface area contributed by atoms with E-state index in [1.807, 2.05) is 0 Å². The molecule has 0 bridgehead atoms. The molecule has 0 unspecified atom stereocenters. The van der Waals surface area contributed by atoms with Gasteiger partial charge < -0.3 is 9.64 Å². The first-order chi connectivity index (χ1) is 7.63. The van der Waals surface area contributed by atoms with Crippen LogP contribution in [0.5, 0.6) is 0 Å². The minimum Gasteiger partial charge on any atom is -0.449 e. The van der Waals surface area contributed by atoms with E-state index in [0.29, 0.717) is 11.6 Å². The minimum absolute atomic E-state index is 0.0573. The van der Waals surface area contributed by atoms with E-state index in [1.54, 1.807) is 6.92 Å². The SMILES string of the molecule is CCOC(=O)NNC(=O)CN1CSCC1=O. The van der Waals surface area contributed by atoms with E-state index < -0.39 is 12.0 Å². The van der Waals surface area contributed by atoms with Crippen molar-refractivity contribution in [3.8, 4) is 0 Å². The first kappa shape index (κ1) is 12.6. The monoisotopic (exact) mass is 247 g/mol. The van der Waals surface area contributed by atoms with Crippen LogP contribution in [0.1, 0.15) is 6.92 Å². The Morgan fingerprint density at radius 2 is 2.25 bits per heavy atom. The van der Waals surface area contributed by atoms with Crippen molar-refractivity contribution in [1.29, 1.82) is 0 Å². The zero-order valence-corrected chi connectivity index (χ0v) is 9.63. The Balaban J connectivity index is 2.20. The number of hydrazine groups is 1. The van der Waals surface area contributed by atoms with Crippen LogP contribution >= 0.6 is 11.8 Å². The highest BCUT2D eigenvalue weighted by Gasteiger charge is 2.22. The van der Waals surface area contributed by atoms with Crippen LogP contribution in [0.15, 0.2) is 0 Å². The van der Waals surface area contributed by atoms with Crippen LogP contribution in [0.3, 0.4) is 0 Å². The van der Waals surface area contributed by atoms with Gasteiger partial charge in [0.25, 0.3) is 5.91 Å². The van der Waals surface area contributed by atoms with Crippen molar-refractivity contribution in [2.45, 2.75) is 6.92 Å². The van der Waals surface area contributed by atoms with Gasteiger partial charge in [0, 0.05) is 0 Å². The maximum atomic E-state index is 11.3. The lowest BCUT2D eigenvalue weighted by Gasteiger charge is -2.14. The number of carbonyl (C=O) groups excluding carboxylic acids is 3. The zero-order valence-electron chi connectivity index (χ0n) is 8.82. The molecular weight excluding hydrogens is 234 g/mol. The first-order valence-electron chi connectivity index (χ1n) is 4.70. The summed E-state index contributed by atoms with van der Waals surface area (Å²) in [5, 5.41) is 0. The highest BCUT2D eigenvalue weighted by Crippen LogP contribution is 2.13. The Morgan fingerprint density at radius 1 is 1.50 bits per heavy atom. The highest BCUT2D eigenvalue weighted by atomic mass is 32.2. The summed E-state index contributed by atoms with van der Waals surface area (Å²) in [4.78, 5) is 34.7. The van der Waals surface area contributed by atoms with E-state index in [2.05, 4.69) is 15.6 Å². The van der Waals surface area contributed by atoms with Gasteiger partial charge >= 0.3 is 6.09 Å². The molecule has 1 saturated heterocycles. The van der Waals surface area contributed by atoms with Crippen molar-refractivity contribution >= 4 is 29.7 Å². The minimum atomic E-state index is -0.724. The molecule has 1 rings (SSSR count). The van der Waals surface area contributed by atoms with Crippen molar-refractivity contribution in [3.63, 3.8) is 0 Å². The number of nitrogens with one attached hydrogen (secondary N) is 2. The third kappa shape index (κ3) is 3.97. The van der Waals surface area contributed by atoms with Gasteiger partial charge in [0.2, 0.25) is 5.91 Å². The zero-order chi connectivity index (χ0) is 12.0. The molecule has 3 amide bonds. The first-order valence-corrected chi connectivity index (χ1v) is 5.86. The fourth-order valence-electron chi connectivity index (χ4n) is 1.04. The van der Waals surface area contributed by atoms with Crippen LogP contribution in [-0.4, -0.2) is 47.6 Å². The van der Waals surface area contributed by atoms with Crippen LogP contribution in [0.4, 0.5) is 4.79 Å². The lowest BCUT2D eigenvalue weighted by molar-refractivity contribution is -0.132. The van der Waals surface area contributed by atoms with Crippen LogP contribution in [0, 0.1) is 0 Å². The molecule has 1 fully saturated rings. The maximum Gasteiger partial charge on any atom is 0.426 e. The lowest BCUT2D eigenvalue weighted by atomic mass is 10.5. The molecule has 0 aromatic rings. The number of hydrogen-bond donors (Lipinski definition) is 2. The van der Waals surface area contributed by atoms with Crippen molar-refractivity contribution in [1.82, 2.24) is 15.8 Å². The summed E-state index contributed by atoms with van der Waals surface area (Å²) in [6.07, 6.45) is -0.724. The van der Waals surface area contributed by atoms with E-state index >= 15 is 0 Å². The Kier molecular flexibility index (Phi) is 4.90. The Labute approximate surface area is 96.8 Å². The Morgan fingerprint density at radius 3 is 2.81 bits per heavy atom. The molecular formula is C8H13N3O4S. The number of thioether (sulfide) groups is 1. The summed E-state index contributed by atoms with van der Waals surface area (Å²) in [5.41, 5.74) is 4.21. The molecule has 16 heavy (non-hydrogen) atoms. The van der Waals surface area contributed by atoms with E-state index in [4.69, 9.17) is 0 Å². The number of rotatable bonds is 3. The number of ether oxygens (including phenoxy) is 1. The molecule has 0 aliphatic carbocycles. The van der Waals surface area contributed by atoms with Crippen LogP contribution in [-0.2, 0) is 14.3 Å². The lowest BCUT2D eigenvalue weighted by Crippen LogP contribution is -2.46. The Hall–Kier alpha value is -1.44. The quantitative estimate of drug-likeness (QED) is 0.644. The molecule has 0 aromatic carbocycles. The van der Waals surface area contributed by atoms with Crippen molar-refractivity contribution < 1.29 is 19.1 Å². The Bertz CT molecular complexity index is 297. The van der Waals surface area contributed by atoms with Gasteiger partial charge in [0.1, 0.15) is 6.54 Å². The second-order valence-electron chi connectivity index (χ2n) is 2.96. The summed E-state index contributed by atoms with van der Waals surface area (Å²) in [6.45, 7) is 1.82. The summed E-state index contributed by atoms with van der Waals surface area (Å²) in [5.74, 6) is 0.379. The van der Waals surface area contributed by atoms with Gasteiger partial charge in [-0.05, 0) is 6.92 Å². The van der Waals surface area contributed by atoms with Crippen LogP contribution < -0.4 is 10.9 Å². The van der Waals surface area contributed by atoms with Crippen LogP contribution in [0.2, 0.25) is 0 Å². The van der Waals surface area contributed by atoms with E-state index in [-0.39, 0.29) is 19.1 Å². The van der Waals surface area contributed by atoms with Crippen molar-refractivity contribution in [2.24, 2.45) is 0 Å². The molecule has 8 heteroatoms. The number of amides is 3. The topological polar surface area (TPSA) is 87.7 Å². The standard InChI is InChI=1S/C8H13N3O4S/c1-2-15-8(14)10-9-6(12)3-11-5-16-4-7(11)13/h2-5H2,1H3,(H,9,12)(H,10,14). The second-order valence-corrected chi connectivity index (χ2v) is 3.92. The molecule has 1 aliphatic rings. The second kappa shape index (κ2) is 6.21. The number of carbonyl (C=O) groups is 3. The molecule has 0 atom stereocenters. The third-order valence-corrected chi connectivity index (χ3v) is 2.68. The molecule has 0 radical (unpaired) electrons. The fourth-order valence-corrected chi connectivity index (χ4v) is 1.95. The van der Waals surface area contributed by atoms with E-state index in [9.17, 15) is 14.4 Å². The number of nitrogens with zero attached hydrogens (tertiary/aromatic N) is 1. The molecule has 0 aromatic heterocycles. The van der Waals surface area contributed by atoms with Gasteiger partial charge in [-0.25, -0.2) is 10.2 Å². The summed E-state index contributed by atoms with van der Waals surface area (Å²) in [7, 11) is 0. The average molecular weight is 247 g/mol. The van der Waals surface area contributed by atoms with Gasteiger partial charge in [0.05, 0.1) is 18.2 Å². The summed E-state index contributed by atoms with van der Waals surface area (Å²) in [6, 6.07) is 0. The predicted octanol–water partition coefficient (Wildman–Crippen LogP) is -0.703. The molecule has 90 valence electrons. The fraction of sp³-hybridized carbons (Fsp3) is 0.625. The average Bonchev–Trinajstić information content (AvgIpc) is 2.62. The third-order valence-electron chi connectivity index (χ3n) is 1.74. The van der Waals surface area contributed by atoms with Gasteiger partial charge in [-0.3, -0.25) is 15.0 Å². The van der Waals surface area contributed by atoms with E-state index in [0.717, 1.165) is 0 Å². The summed E-state index contributed by atoms with van der Waals surface area (Å²) < 4.78 is 4.53. The predicted molar refractivity (Wildman–Crippen MR) is 57.3 cm³/mol. The molecule has 2 N–H and O–H groups in total. The van der Waals surface area contributed by atoms with Gasteiger partial charge in [-0.15, -0.1) is 11.8 Å². The normalized spacial score (nSPS) is 14.8. The molecule has 7 nitrogen and oxygen atoms in total. The molecule has 1 heterocycles. The van der Waals surface area contributed by atoms with E-state index in [1.165, 1.54) is 16.7 Å². The molecule has 1 aliphatic heterocycles. The maximum absolute atomic E-state index is 11.3. The van der Waals surface area contributed by atoms with Gasteiger partial charge in [-0.1, -0.05) is 0 Å². The van der Waals surface area contributed by atoms with Crippen LogP contribution in [0.25, 0.3) is 0 Å². The summed E-state index contributed by atoms with van der Waals surface area (Å²) >= 11 is 1.45. The molecule has 0 saturated carbocycles. The van der Waals surface area contributed by atoms with Gasteiger partial charge in [-0.2, -0.15) is 0 Å². The van der Waals surface area contributed by atoms with Crippen molar-refractivity contribution in [3.05, 3.63) is 0 Å². The van der Waals surface area contributed by atoms with Crippen molar-refractivity contribution in [2.75, 3.05) is 24.8 Å². The molecule has 0 spiro atoms. The van der Waals surface area contributed by atoms with Gasteiger partial charge in [0.15, 0.2) is 0 Å². The largest absolute Gasteiger partial charge is 0.449 e. The smallest absolute Gasteiger partial charge is 0.426 e.